The molecule has 0 unspecified atom stereocenters. The van der Waals surface area contributed by atoms with E-state index < -0.39 is 23.1 Å². The number of fused-ring (bicyclic) bond motifs is 1. The molecule has 0 bridgehead atoms. The Hall–Kier alpha value is -2.38. The molecule has 0 fully saturated rings. The molecule has 0 aromatic carbocycles. The highest BCUT2D eigenvalue weighted by molar-refractivity contribution is 6.06. The topological polar surface area (TPSA) is 78.1 Å². The van der Waals surface area contributed by atoms with Crippen LogP contribution in [0.25, 0.3) is 10.9 Å². The van der Waals surface area contributed by atoms with Crippen molar-refractivity contribution in [3.8, 4) is 0 Å². The van der Waals surface area contributed by atoms with E-state index in [0.29, 0.717) is 0 Å². The second-order valence-electron chi connectivity index (χ2n) is 3.86. The number of rotatable bonds is 2. The van der Waals surface area contributed by atoms with Crippen LogP contribution >= 0.6 is 0 Å². The number of nitrogens with zero attached hydrogens (tertiary/aromatic N) is 2. The molecule has 2 aromatic rings. The van der Waals surface area contributed by atoms with Gasteiger partial charge in [0.1, 0.15) is 11.4 Å². The molecule has 0 atom stereocenters. The molecule has 0 aliphatic heterocycles. The quantitative estimate of drug-likeness (QED) is 0.857. The van der Waals surface area contributed by atoms with E-state index in [2.05, 4.69) is 9.97 Å². The molecule has 5 nitrogen and oxygen atoms in total. The minimum absolute atomic E-state index is 0.0870. The monoisotopic (exact) mass is 285 g/mol. The van der Waals surface area contributed by atoms with Gasteiger partial charge in [-0.3, -0.25) is 4.98 Å². The normalized spacial score (nSPS) is 11.6. The fourth-order valence-corrected chi connectivity index (χ4v) is 1.78. The molecular weight excluding hydrogens is 275 g/mol. The van der Waals surface area contributed by atoms with Crippen LogP contribution in [0.1, 0.15) is 22.8 Å². The number of hydrogen-bond acceptors (Lipinski definition) is 5. The summed E-state index contributed by atoms with van der Waals surface area (Å²) in [7, 11) is 0. The van der Waals surface area contributed by atoms with Crippen LogP contribution in [0.15, 0.2) is 18.5 Å². The fraction of sp³-hybridized carbons (Fsp3) is 0.250. The number of alkyl halides is 3. The summed E-state index contributed by atoms with van der Waals surface area (Å²) >= 11 is 0. The van der Waals surface area contributed by atoms with Gasteiger partial charge in [-0.1, -0.05) is 0 Å². The lowest BCUT2D eigenvalue weighted by atomic mass is 10.1. The van der Waals surface area contributed by atoms with Gasteiger partial charge in [-0.05, 0) is 13.0 Å². The van der Waals surface area contributed by atoms with Gasteiger partial charge in [0, 0.05) is 12.4 Å². The number of pyridine rings is 2. The average molecular weight is 285 g/mol. The van der Waals surface area contributed by atoms with Gasteiger partial charge in [-0.25, -0.2) is 9.78 Å². The largest absolute Gasteiger partial charge is 0.462 e. The third-order valence-corrected chi connectivity index (χ3v) is 2.60. The van der Waals surface area contributed by atoms with Gasteiger partial charge in [0.25, 0.3) is 0 Å². The Balaban J connectivity index is 2.78. The Kier molecular flexibility index (Phi) is 3.47. The van der Waals surface area contributed by atoms with E-state index in [9.17, 15) is 18.0 Å². The van der Waals surface area contributed by atoms with E-state index in [1.807, 2.05) is 0 Å². The van der Waals surface area contributed by atoms with Crippen LogP contribution in [0.5, 0.6) is 0 Å². The number of aromatic nitrogens is 2. The summed E-state index contributed by atoms with van der Waals surface area (Å²) in [5.41, 5.74) is 4.18. The van der Waals surface area contributed by atoms with E-state index in [-0.39, 0.29) is 23.5 Å². The number of hydrogen-bond donors (Lipinski definition) is 1. The van der Waals surface area contributed by atoms with Crippen molar-refractivity contribution in [3.05, 3.63) is 29.6 Å². The molecule has 0 aliphatic carbocycles. The minimum atomic E-state index is -4.62. The van der Waals surface area contributed by atoms with Crippen LogP contribution in [0.4, 0.5) is 19.0 Å². The summed E-state index contributed by atoms with van der Waals surface area (Å²) in [5.74, 6) is -1.13. The zero-order valence-corrected chi connectivity index (χ0v) is 10.4. The predicted molar refractivity (Wildman–Crippen MR) is 64.9 cm³/mol. The molecule has 0 aliphatic rings. The first-order valence-corrected chi connectivity index (χ1v) is 5.63. The number of carbonyl (C=O) groups excluding carboxylic acids is 1. The fourth-order valence-electron chi connectivity index (χ4n) is 1.78. The lowest BCUT2D eigenvalue weighted by molar-refractivity contribution is -0.136. The van der Waals surface area contributed by atoms with Gasteiger partial charge in [-0.2, -0.15) is 13.2 Å². The van der Waals surface area contributed by atoms with Crippen molar-refractivity contribution in [2.75, 3.05) is 12.3 Å². The van der Waals surface area contributed by atoms with Gasteiger partial charge < -0.3 is 10.5 Å². The summed E-state index contributed by atoms with van der Waals surface area (Å²) in [6, 6.07) is 0.787. The van der Waals surface area contributed by atoms with Crippen molar-refractivity contribution in [3.63, 3.8) is 0 Å². The smallest absolute Gasteiger partial charge is 0.417 e. The van der Waals surface area contributed by atoms with Crippen LogP contribution in [0, 0.1) is 0 Å². The van der Waals surface area contributed by atoms with Crippen LogP contribution in [-0.4, -0.2) is 22.5 Å². The van der Waals surface area contributed by atoms with Crippen LogP contribution in [0.2, 0.25) is 0 Å². The Labute approximate surface area is 111 Å². The molecule has 106 valence electrons. The minimum Gasteiger partial charge on any atom is -0.462 e. The first kappa shape index (κ1) is 14.0. The van der Waals surface area contributed by atoms with Crippen molar-refractivity contribution in [1.29, 1.82) is 0 Å². The lowest BCUT2D eigenvalue weighted by Gasteiger charge is -2.12. The Bertz CT molecular complexity index is 671. The first-order chi connectivity index (χ1) is 9.36. The highest BCUT2D eigenvalue weighted by Gasteiger charge is 2.34. The van der Waals surface area contributed by atoms with E-state index in [1.54, 1.807) is 6.92 Å². The maximum atomic E-state index is 13.0. The summed E-state index contributed by atoms with van der Waals surface area (Å²) in [6.07, 6.45) is -2.60. The highest BCUT2D eigenvalue weighted by Crippen LogP contribution is 2.36. The number of nitrogen functional groups attached to an aromatic ring is 1. The number of nitrogens with two attached hydrogens (primary N) is 1. The van der Waals surface area contributed by atoms with E-state index in [0.717, 1.165) is 18.5 Å². The summed E-state index contributed by atoms with van der Waals surface area (Å²) in [4.78, 5) is 19.1. The van der Waals surface area contributed by atoms with Gasteiger partial charge in [0.15, 0.2) is 0 Å². The first-order valence-electron chi connectivity index (χ1n) is 5.63. The van der Waals surface area contributed by atoms with Crippen LogP contribution < -0.4 is 5.73 Å². The second-order valence-corrected chi connectivity index (χ2v) is 3.86. The molecule has 0 radical (unpaired) electrons. The Morgan fingerprint density at radius 2 is 2.10 bits per heavy atom. The number of carbonyl (C=O) groups is 1. The van der Waals surface area contributed by atoms with Crippen LogP contribution in [0.3, 0.4) is 0 Å². The molecule has 20 heavy (non-hydrogen) atoms. The molecule has 8 heteroatoms. The molecule has 0 amide bonds. The summed E-state index contributed by atoms with van der Waals surface area (Å²) in [6.45, 7) is 1.67. The third-order valence-electron chi connectivity index (χ3n) is 2.60. The number of esters is 1. The highest BCUT2D eigenvalue weighted by atomic mass is 19.4. The lowest BCUT2D eigenvalue weighted by Crippen LogP contribution is -2.12. The molecule has 2 heterocycles. The number of halogens is 3. The molecule has 2 aromatic heterocycles. The SMILES string of the molecule is CCOC(=O)c1cnc(N)c2c(C(F)(F)F)ccnc12. The average Bonchev–Trinajstić information content (AvgIpc) is 2.37. The van der Waals surface area contributed by atoms with Crippen molar-refractivity contribution < 1.29 is 22.7 Å². The van der Waals surface area contributed by atoms with Crippen LogP contribution in [-0.2, 0) is 10.9 Å². The molecule has 2 N–H and O–H groups in total. The van der Waals surface area contributed by atoms with E-state index >= 15 is 0 Å². The zero-order valence-electron chi connectivity index (χ0n) is 10.4. The van der Waals surface area contributed by atoms with Gasteiger partial charge in [0.2, 0.25) is 0 Å². The maximum absolute atomic E-state index is 13.0. The molecule has 2 rings (SSSR count). The van der Waals surface area contributed by atoms with Crippen molar-refractivity contribution >= 4 is 22.7 Å². The summed E-state index contributed by atoms with van der Waals surface area (Å²) < 4.78 is 43.6. The molecule has 0 saturated carbocycles. The van der Waals surface area contributed by atoms with Gasteiger partial charge >= 0.3 is 12.1 Å². The number of anilines is 1. The van der Waals surface area contributed by atoms with Crippen molar-refractivity contribution in [2.45, 2.75) is 13.1 Å². The number of ether oxygens (including phenoxy) is 1. The predicted octanol–water partition coefficient (Wildman–Crippen LogP) is 2.41. The molecular formula is C12H10F3N3O2. The van der Waals surface area contributed by atoms with Gasteiger partial charge in [0.05, 0.1) is 23.1 Å². The Morgan fingerprint density at radius 3 is 2.70 bits per heavy atom. The maximum Gasteiger partial charge on any atom is 0.417 e. The summed E-state index contributed by atoms with van der Waals surface area (Å²) in [5, 5.41) is -0.398. The molecule has 0 saturated heterocycles. The zero-order chi connectivity index (χ0) is 14.9. The van der Waals surface area contributed by atoms with E-state index in [1.165, 1.54) is 0 Å². The standard InChI is InChI=1S/C12H10F3N3O2/c1-2-20-11(19)6-5-18-10(16)8-7(12(13,14)15)3-4-17-9(6)8/h3-5H,2H2,1H3,(H2,16,18). The van der Waals surface area contributed by atoms with Crippen molar-refractivity contribution in [2.24, 2.45) is 0 Å². The van der Waals surface area contributed by atoms with E-state index in [4.69, 9.17) is 10.5 Å². The second kappa shape index (κ2) is 4.95. The Morgan fingerprint density at radius 1 is 1.40 bits per heavy atom. The van der Waals surface area contributed by atoms with Gasteiger partial charge in [-0.15, -0.1) is 0 Å². The molecule has 0 spiro atoms. The third kappa shape index (κ3) is 2.36. The van der Waals surface area contributed by atoms with Crippen molar-refractivity contribution in [1.82, 2.24) is 9.97 Å².